The number of carbonyl (C=O) groups is 3. The molecule has 1 N–H and O–H groups in total. The van der Waals surface area contributed by atoms with Crippen molar-refractivity contribution in [2.45, 2.75) is 26.9 Å². The van der Waals surface area contributed by atoms with Gasteiger partial charge in [0.2, 0.25) is 0 Å². The summed E-state index contributed by atoms with van der Waals surface area (Å²) in [7, 11) is 1.26. The molecule has 0 aliphatic carbocycles. The SMILES string of the molecule is COC(=O)c1c(C)[nH]c(COC(C)=O)c1C(=O)c1ccccc1Cc1ccccc1. The Kier molecular flexibility index (Phi) is 6.47. The van der Waals surface area contributed by atoms with Crippen LogP contribution in [0.2, 0.25) is 0 Å². The third kappa shape index (κ3) is 4.49. The van der Waals surface area contributed by atoms with E-state index in [1.807, 2.05) is 42.5 Å². The fourth-order valence-electron chi connectivity index (χ4n) is 3.43. The first-order chi connectivity index (χ1) is 14.4. The van der Waals surface area contributed by atoms with Gasteiger partial charge in [-0.2, -0.15) is 0 Å². The number of aromatic amines is 1. The van der Waals surface area contributed by atoms with E-state index in [0.717, 1.165) is 11.1 Å². The zero-order valence-corrected chi connectivity index (χ0v) is 17.2. The standard InChI is InChI=1S/C24H23NO5/c1-15-21(24(28)29-3)22(20(25-15)14-30-16(2)26)23(27)19-12-8-7-11-18(19)13-17-9-5-4-6-10-17/h4-12,25H,13-14H2,1-3H3. The number of carbonyl (C=O) groups excluding carboxylic acids is 3. The summed E-state index contributed by atoms with van der Waals surface area (Å²) in [6.07, 6.45) is 0.568. The second-order valence-electron chi connectivity index (χ2n) is 6.90. The highest BCUT2D eigenvalue weighted by Crippen LogP contribution is 2.26. The molecule has 0 unspecified atom stereocenters. The van der Waals surface area contributed by atoms with Crippen LogP contribution in [0.5, 0.6) is 0 Å². The van der Waals surface area contributed by atoms with Gasteiger partial charge in [0, 0.05) is 18.2 Å². The van der Waals surface area contributed by atoms with Gasteiger partial charge in [0.05, 0.1) is 23.9 Å². The highest BCUT2D eigenvalue weighted by atomic mass is 16.5. The molecule has 0 bridgehead atoms. The number of benzene rings is 2. The number of H-pyrrole nitrogens is 1. The van der Waals surface area contributed by atoms with Gasteiger partial charge in [-0.15, -0.1) is 0 Å². The molecule has 0 atom stereocenters. The molecule has 0 aliphatic heterocycles. The van der Waals surface area contributed by atoms with Crippen molar-refractivity contribution < 1.29 is 23.9 Å². The van der Waals surface area contributed by atoms with E-state index in [-0.39, 0.29) is 23.5 Å². The van der Waals surface area contributed by atoms with Crippen LogP contribution in [0.3, 0.4) is 0 Å². The van der Waals surface area contributed by atoms with Crippen LogP contribution in [-0.2, 0) is 27.3 Å². The van der Waals surface area contributed by atoms with Crippen LogP contribution in [0.1, 0.15) is 55.7 Å². The molecule has 6 nitrogen and oxygen atoms in total. The van der Waals surface area contributed by atoms with E-state index in [1.165, 1.54) is 14.0 Å². The van der Waals surface area contributed by atoms with Gasteiger partial charge in [-0.1, -0.05) is 54.6 Å². The first-order valence-corrected chi connectivity index (χ1v) is 9.52. The molecule has 0 aliphatic rings. The monoisotopic (exact) mass is 405 g/mol. The van der Waals surface area contributed by atoms with Crippen molar-refractivity contribution in [3.8, 4) is 0 Å². The van der Waals surface area contributed by atoms with Crippen molar-refractivity contribution in [1.82, 2.24) is 4.98 Å². The van der Waals surface area contributed by atoms with E-state index < -0.39 is 11.9 Å². The van der Waals surface area contributed by atoms with Gasteiger partial charge in [-0.3, -0.25) is 9.59 Å². The second kappa shape index (κ2) is 9.22. The Hall–Kier alpha value is -3.67. The minimum atomic E-state index is -0.623. The molecule has 1 heterocycles. The molecule has 0 fully saturated rings. The average Bonchev–Trinajstić information content (AvgIpc) is 3.08. The van der Waals surface area contributed by atoms with Gasteiger partial charge >= 0.3 is 11.9 Å². The summed E-state index contributed by atoms with van der Waals surface area (Å²) in [5.74, 6) is -1.43. The Balaban J connectivity index is 2.08. The third-order valence-electron chi connectivity index (χ3n) is 4.80. The number of nitrogens with one attached hydrogen (secondary N) is 1. The maximum absolute atomic E-state index is 13.6. The number of aromatic nitrogens is 1. The number of hydrogen-bond donors (Lipinski definition) is 1. The summed E-state index contributed by atoms with van der Waals surface area (Å²) in [5, 5.41) is 0. The number of rotatable bonds is 7. The summed E-state index contributed by atoms with van der Waals surface area (Å²) in [5.41, 5.74) is 3.54. The smallest absolute Gasteiger partial charge is 0.340 e. The van der Waals surface area contributed by atoms with E-state index in [1.54, 1.807) is 19.1 Å². The fraction of sp³-hybridized carbons (Fsp3) is 0.208. The molecule has 0 radical (unpaired) electrons. The minimum Gasteiger partial charge on any atom is -0.465 e. The number of ketones is 1. The summed E-state index contributed by atoms with van der Waals surface area (Å²) in [6, 6.07) is 17.1. The molecular weight excluding hydrogens is 382 g/mol. The first-order valence-electron chi connectivity index (χ1n) is 9.52. The van der Waals surface area contributed by atoms with Crippen molar-refractivity contribution in [2.24, 2.45) is 0 Å². The molecule has 0 saturated carbocycles. The predicted molar refractivity (Wildman–Crippen MR) is 111 cm³/mol. The second-order valence-corrected chi connectivity index (χ2v) is 6.90. The predicted octanol–water partition coefficient (Wildman–Crippen LogP) is 3.99. The van der Waals surface area contributed by atoms with E-state index in [0.29, 0.717) is 23.4 Å². The summed E-state index contributed by atoms with van der Waals surface area (Å²) in [6.45, 7) is 2.82. The lowest BCUT2D eigenvalue weighted by atomic mass is 9.92. The summed E-state index contributed by atoms with van der Waals surface area (Å²) in [4.78, 5) is 40.3. The summed E-state index contributed by atoms with van der Waals surface area (Å²) < 4.78 is 9.98. The van der Waals surface area contributed by atoms with Crippen LogP contribution >= 0.6 is 0 Å². The zero-order valence-electron chi connectivity index (χ0n) is 17.2. The highest BCUT2D eigenvalue weighted by molar-refractivity contribution is 6.16. The lowest BCUT2D eigenvalue weighted by Crippen LogP contribution is -2.14. The van der Waals surface area contributed by atoms with E-state index in [2.05, 4.69) is 4.98 Å². The molecule has 3 aromatic rings. The number of aryl methyl sites for hydroxylation is 1. The van der Waals surface area contributed by atoms with E-state index >= 15 is 0 Å². The van der Waals surface area contributed by atoms with Crippen LogP contribution in [-0.4, -0.2) is 29.8 Å². The molecule has 6 heteroatoms. The topological polar surface area (TPSA) is 85.5 Å². The minimum absolute atomic E-state index is 0.144. The van der Waals surface area contributed by atoms with Crippen molar-refractivity contribution in [2.75, 3.05) is 7.11 Å². The number of ether oxygens (including phenoxy) is 2. The van der Waals surface area contributed by atoms with E-state index in [4.69, 9.17) is 9.47 Å². The van der Waals surface area contributed by atoms with Gasteiger partial charge in [0.1, 0.15) is 6.61 Å². The normalized spacial score (nSPS) is 10.5. The van der Waals surface area contributed by atoms with Gasteiger partial charge in [0.15, 0.2) is 5.78 Å². The lowest BCUT2D eigenvalue weighted by Gasteiger charge is -2.11. The number of esters is 2. The number of hydrogen-bond acceptors (Lipinski definition) is 5. The van der Waals surface area contributed by atoms with Crippen LogP contribution in [0.4, 0.5) is 0 Å². The Morgan fingerprint density at radius 2 is 1.60 bits per heavy atom. The molecule has 0 spiro atoms. The Labute approximate surface area is 174 Å². The van der Waals surface area contributed by atoms with Crippen LogP contribution in [0, 0.1) is 6.92 Å². The van der Waals surface area contributed by atoms with Crippen LogP contribution in [0.25, 0.3) is 0 Å². The Morgan fingerprint density at radius 3 is 2.27 bits per heavy atom. The molecular formula is C24H23NO5. The van der Waals surface area contributed by atoms with Gasteiger partial charge in [-0.25, -0.2) is 4.79 Å². The zero-order chi connectivity index (χ0) is 21.7. The number of methoxy groups -OCH3 is 1. The first kappa shape index (κ1) is 21.0. The van der Waals surface area contributed by atoms with Gasteiger partial charge in [0.25, 0.3) is 0 Å². The largest absolute Gasteiger partial charge is 0.465 e. The highest BCUT2D eigenvalue weighted by Gasteiger charge is 2.29. The van der Waals surface area contributed by atoms with Crippen molar-refractivity contribution in [3.05, 3.63) is 93.8 Å². The van der Waals surface area contributed by atoms with Crippen molar-refractivity contribution in [1.29, 1.82) is 0 Å². The average molecular weight is 405 g/mol. The Bertz CT molecular complexity index is 1080. The van der Waals surface area contributed by atoms with Crippen LogP contribution in [0.15, 0.2) is 54.6 Å². The maximum atomic E-state index is 13.6. The Morgan fingerprint density at radius 1 is 0.933 bits per heavy atom. The van der Waals surface area contributed by atoms with Crippen LogP contribution < -0.4 is 0 Å². The molecule has 1 aromatic heterocycles. The third-order valence-corrected chi connectivity index (χ3v) is 4.80. The van der Waals surface area contributed by atoms with Crippen molar-refractivity contribution >= 4 is 17.7 Å². The van der Waals surface area contributed by atoms with Gasteiger partial charge < -0.3 is 14.5 Å². The molecule has 3 rings (SSSR count). The van der Waals surface area contributed by atoms with Crippen molar-refractivity contribution in [3.63, 3.8) is 0 Å². The fourth-order valence-corrected chi connectivity index (χ4v) is 3.43. The molecule has 0 amide bonds. The van der Waals surface area contributed by atoms with E-state index in [9.17, 15) is 14.4 Å². The van der Waals surface area contributed by atoms with Gasteiger partial charge in [-0.05, 0) is 24.5 Å². The maximum Gasteiger partial charge on any atom is 0.340 e. The summed E-state index contributed by atoms with van der Waals surface area (Å²) >= 11 is 0. The molecule has 0 saturated heterocycles. The quantitative estimate of drug-likeness (QED) is 0.474. The lowest BCUT2D eigenvalue weighted by molar-refractivity contribution is -0.142. The molecule has 2 aromatic carbocycles. The molecule has 154 valence electrons. The molecule has 30 heavy (non-hydrogen) atoms.